The topological polar surface area (TPSA) is 48.0 Å². The first-order chi connectivity index (χ1) is 15.8. The zero-order valence-electron chi connectivity index (χ0n) is 17.1. The summed E-state index contributed by atoms with van der Waals surface area (Å²) in [5.74, 6) is -1.86. The minimum Gasteiger partial charge on any atom is -0.366 e. The van der Waals surface area contributed by atoms with E-state index in [1.165, 1.54) is 12.1 Å². The number of benzene rings is 4. The zero-order chi connectivity index (χ0) is 23.3. The van der Waals surface area contributed by atoms with Crippen LogP contribution in [0.15, 0.2) is 72.8 Å². The third kappa shape index (κ3) is 3.63. The number of carbonyl (C=O) groups is 1. The molecule has 7 heteroatoms. The van der Waals surface area contributed by atoms with Gasteiger partial charge in [-0.3, -0.25) is 4.79 Å². The van der Waals surface area contributed by atoms with Crippen LogP contribution < -0.4 is 5.73 Å². The third-order valence-electron chi connectivity index (χ3n) is 5.75. The molecule has 0 unspecified atom stereocenters. The molecule has 1 amide bonds. The van der Waals surface area contributed by atoms with Crippen LogP contribution in [0.5, 0.6) is 0 Å². The molecule has 4 aromatic carbocycles. The van der Waals surface area contributed by atoms with Gasteiger partial charge in [0.25, 0.3) is 0 Å². The van der Waals surface area contributed by atoms with Gasteiger partial charge in [-0.15, -0.1) is 0 Å². The second-order valence-electron chi connectivity index (χ2n) is 7.71. The molecule has 5 aromatic rings. The summed E-state index contributed by atoms with van der Waals surface area (Å²) in [6.07, 6.45) is 0. The van der Waals surface area contributed by atoms with Crippen molar-refractivity contribution in [1.82, 2.24) is 4.57 Å². The standard InChI is InChI=1S/C26H16Cl2F2N2O/c27-19-4-2-5-20(28)24(19)14-8-10-17-23(11-14)32(13-15-7-9-16(29)12-21(15)30)22-6-1-3-18(25(17)22)26(31)33/h1-12H,13H2,(H2,31,33). The van der Waals surface area contributed by atoms with E-state index in [-0.39, 0.29) is 6.54 Å². The lowest BCUT2D eigenvalue weighted by atomic mass is 10.0. The fraction of sp³-hybridized carbons (Fsp3) is 0.0385. The van der Waals surface area contributed by atoms with Crippen LogP contribution in [0.2, 0.25) is 10.0 Å². The first-order valence-electron chi connectivity index (χ1n) is 10.1. The smallest absolute Gasteiger partial charge is 0.249 e. The van der Waals surface area contributed by atoms with Crippen LogP contribution in [0.1, 0.15) is 15.9 Å². The van der Waals surface area contributed by atoms with Crippen molar-refractivity contribution in [3.05, 3.63) is 106 Å². The molecule has 0 spiro atoms. The fourth-order valence-electron chi connectivity index (χ4n) is 4.27. The lowest BCUT2D eigenvalue weighted by Gasteiger charge is -2.11. The van der Waals surface area contributed by atoms with Crippen LogP contribution in [-0.2, 0) is 6.54 Å². The number of fused-ring (bicyclic) bond motifs is 3. The summed E-state index contributed by atoms with van der Waals surface area (Å²) in [5, 5.41) is 2.42. The summed E-state index contributed by atoms with van der Waals surface area (Å²) in [6, 6.07) is 19.6. The van der Waals surface area contributed by atoms with E-state index < -0.39 is 17.5 Å². The second-order valence-corrected chi connectivity index (χ2v) is 8.53. The van der Waals surface area contributed by atoms with Gasteiger partial charge >= 0.3 is 0 Å². The van der Waals surface area contributed by atoms with Crippen LogP contribution in [0.3, 0.4) is 0 Å². The van der Waals surface area contributed by atoms with Gasteiger partial charge < -0.3 is 10.3 Å². The lowest BCUT2D eigenvalue weighted by Crippen LogP contribution is -2.11. The van der Waals surface area contributed by atoms with Gasteiger partial charge in [-0.1, -0.05) is 53.5 Å². The first kappa shape index (κ1) is 21.4. The summed E-state index contributed by atoms with van der Waals surface area (Å²) in [6.45, 7) is 0.119. The number of rotatable bonds is 4. The van der Waals surface area contributed by atoms with Crippen LogP contribution in [0, 0.1) is 11.6 Å². The molecule has 33 heavy (non-hydrogen) atoms. The van der Waals surface area contributed by atoms with Gasteiger partial charge in [0.15, 0.2) is 0 Å². The molecule has 0 atom stereocenters. The number of hydrogen-bond donors (Lipinski definition) is 1. The maximum Gasteiger partial charge on any atom is 0.249 e. The Morgan fingerprint density at radius 2 is 1.61 bits per heavy atom. The first-order valence-corrected chi connectivity index (χ1v) is 10.8. The van der Waals surface area contributed by atoms with Crippen molar-refractivity contribution in [3.8, 4) is 11.1 Å². The summed E-state index contributed by atoms with van der Waals surface area (Å²) >= 11 is 12.9. The van der Waals surface area contributed by atoms with Gasteiger partial charge in [0.2, 0.25) is 5.91 Å². The zero-order valence-corrected chi connectivity index (χ0v) is 18.6. The highest BCUT2D eigenvalue weighted by Gasteiger charge is 2.19. The molecule has 3 nitrogen and oxygen atoms in total. The van der Waals surface area contributed by atoms with Crippen LogP contribution >= 0.6 is 23.2 Å². The van der Waals surface area contributed by atoms with E-state index in [2.05, 4.69) is 0 Å². The van der Waals surface area contributed by atoms with E-state index in [1.807, 2.05) is 28.8 Å². The number of halogens is 4. The van der Waals surface area contributed by atoms with Crippen molar-refractivity contribution in [1.29, 1.82) is 0 Å². The summed E-state index contributed by atoms with van der Waals surface area (Å²) in [7, 11) is 0. The summed E-state index contributed by atoms with van der Waals surface area (Å²) < 4.78 is 29.9. The largest absolute Gasteiger partial charge is 0.366 e. The van der Waals surface area contributed by atoms with E-state index >= 15 is 0 Å². The molecular weight excluding hydrogens is 465 g/mol. The number of amides is 1. The van der Waals surface area contributed by atoms with Gasteiger partial charge in [0.1, 0.15) is 11.6 Å². The monoisotopic (exact) mass is 480 g/mol. The number of nitrogens with two attached hydrogens (primary N) is 1. The maximum absolute atomic E-state index is 14.5. The minimum absolute atomic E-state index is 0.119. The fourth-order valence-corrected chi connectivity index (χ4v) is 4.88. The van der Waals surface area contributed by atoms with Gasteiger partial charge in [-0.2, -0.15) is 0 Å². The Morgan fingerprint density at radius 3 is 2.30 bits per heavy atom. The molecule has 0 saturated carbocycles. The van der Waals surface area contributed by atoms with Crippen molar-refractivity contribution < 1.29 is 13.6 Å². The minimum atomic E-state index is -0.652. The molecule has 2 N–H and O–H groups in total. The highest BCUT2D eigenvalue weighted by Crippen LogP contribution is 2.39. The van der Waals surface area contributed by atoms with Crippen molar-refractivity contribution in [2.45, 2.75) is 6.54 Å². The molecule has 1 aromatic heterocycles. The maximum atomic E-state index is 14.5. The van der Waals surface area contributed by atoms with E-state index in [4.69, 9.17) is 28.9 Å². The van der Waals surface area contributed by atoms with E-state index in [0.29, 0.717) is 37.6 Å². The molecule has 0 aliphatic heterocycles. The van der Waals surface area contributed by atoms with Gasteiger partial charge in [-0.05, 0) is 42.0 Å². The normalized spacial score (nSPS) is 11.4. The Bertz CT molecular complexity index is 1560. The molecular formula is C26H16Cl2F2N2O. The molecule has 1 heterocycles. The predicted octanol–water partition coefficient (Wildman–Crippen LogP) is 7.19. The highest BCUT2D eigenvalue weighted by atomic mass is 35.5. The lowest BCUT2D eigenvalue weighted by molar-refractivity contribution is 0.100. The van der Waals surface area contributed by atoms with Gasteiger partial charge in [0.05, 0.1) is 17.6 Å². The van der Waals surface area contributed by atoms with Gasteiger partial charge in [-0.25, -0.2) is 8.78 Å². The molecule has 0 fully saturated rings. The Morgan fingerprint density at radius 1 is 0.879 bits per heavy atom. The Kier molecular flexibility index (Phi) is 5.31. The quantitative estimate of drug-likeness (QED) is 0.290. The summed E-state index contributed by atoms with van der Waals surface area (Å²) in [5.41, 5.74) is 9.19. The highest BCUT2D eigenvalue weighted by molar-refractivity contribution is 6.39. The molecule has 0 aliphatic carbocycles. The third-order valence-corrected chi connectivity index (χ3v) is 6.38. The molecule has 0 saturated heterocycles. The van der Waals surface area contributed by atoms with E-state index in [1.54, 1.807) is 30.3 Å². The van der Waals surface area contributed by atoms with Crippen molar-refractivity contribution >= 4 is 50.9 Å². The Hall–Kier alpha value is -3.41. The number of hydrogen-bond acceptors (Lipinski definition) is 1. The molecule has 0 bridgehead atoms. The molecule has 5 rings (SSSR count). The van der Waals surface area contributed by atoms with Crippen molar-refractivity contribution in [3.63, 3.8) is 0 Å². The number of carbonyl (C=O) groups excluding carboxylic acids is 1. The Labute approximate surface area is 197 Å². The van der Waals surface area contributed by atoms with Crippen LogP contribution in [-0.4, -0.2) is 10.5 Å². The molecule has 0 aliphatic rings. The number of aromatic nitrogens is 1. The summed E-state index contributed by atoms with van der Waals surface area (Å²) in [4.78, 5) is 12.2. The Balaban J connectivity index is 1.83. The molecule has 0 radical (unpaired) electrons. The van der Waals surface area contributed by atoms with Crippen LogP contribution in [0.4, 0.5) is 8.78 Å². The van der Waals surface area contributed by atoms with Crippen LogP contribution in [0.25, 0.3) is 32.9 Å². The van der Waals surface area contributed by atoms with Crippen molar-refractivity contribution in [2.75, 3.05) is 0 Å². The average molecular weight is 481 g/mol. The van der Waals surface area contributed by atoms with Crippen molar-refractivity contribution in [2.24, 2.45) is 5.73 Å². The SMILES string of the molecule is NC(=O)c1cccc2c1c1ccc(-c3c(Cl)cccc3Cl)cc1n2Cc1ccc(F)cc1F. The number of nitrogens with zero attached hydrogens (tertiary/aromatic N) is 1. The van der Waals surface area contributed by atoms with Gasteiger partial charge in [0, 0.05) is 43.6 Å². The molecule has 164 valence electrons. The number of primary amides is 1. The average Bonchev–Trinajstić information content (AvgIpc) is 3.08. The van der Waals surface area contributed by atoms with E-state index in [0.717, 1.165) is 22.5 Å². The predicted molar refractivity (Wildman–Crippen MR) is 129 cm³/mol. The second kappa shape index (κ2) is 8.18. The van der Waals surface area contributed by atoms with E-state index in [9.17, 15) is 13.6 Å².